The van der Waals surface area contributed by atoms with E-state index in [2.05, 4.69) is 10.3 Å². The van der Waals surface area contributed by atoms with Crippen LogP contribution < -0.4 is 19.5 Å². The molecule has 0 bridgehead atoms. The number of amides is 1. The fourth-order valence-electron chi connectivity index (χ4n) is 3.58. The maximum Gasteiger partial charge on any atom is 0.251 e. The second-order valence-corrected chi connectivity index (χ2v) is 8.49. The molecule has 0 unspecified atom stereocenters. The zero-order valence-electron chi connectivity index (χ0n) is 19.5. The zero-order chi connectivity index (χ0) is 25.7. The Morgan fingerprint density at radius 3 is 2.56 bits per heavy atom. The lowest BCUT2D eigenvalue weighted by Gasteiger charge is -2.12. The van der Waals surface area contributed by atoms with E-state index in [1.54, 1.807) is 18.2 Å². The number of thiophene rings is 1. The second kappa shape index (κ2) is 11.1. The van der Waals surface area contributed by atoms with Crippen LogP contribution in [0.1, 0.15) is 20.8 Å². The number of aromatic nitrogens is 1. The van der Waals surface area contributed by atoms with Crippen LogP contribution in [0.15, 0.2) is 53.9 Å². The lowest BCUT2D eigenvalue weighted by molar-refractivity contribution is 0.0902. The minimum Gasteiger partial charge on any atom is -0.494 e. The van der Waals surface area contributed by atoms with Crippen molar-refractivity contribution in [1.29, 1.82) is 0 Å². The SMILES string of the molecule is COc1cc(C(=O)NCC(=O)c2ccc(OC)c(-c3csc4ccc(F)cc34)n2)ccc1OCCO. The molecule has 1 amide bonds. The number of rotatable bonds is 10. The van der Waals surface area contributed by atoms with Gasteiger partial charge in [0, 0.05) is 26.6 Å². The number of hydrogen-bond donors (Lipinski definition) is 2. The first-order valence-corrected chi connectivity index (χ1v) is 11.8. The number of carbonyl (C=O) groups excluding carboxylic acids is 2. The van der Waals surface area contributed by atoms with Crippen LogP contribution in [-0.2, 0) is 0 Å². The van der Waals surface area contributed by atoms with E-state index >= 15 is 0 Å². The van der Waals surface area contributed by atoms with E-state index in [1.807, 2.05) is 5.38 Å². The van der Waals surface area contributed by atoms with Crippen LogP contribution in [0.4, 0.5) is 4.39 Å². The van der Waals surface area contributed by atoms with Gasteiger partial charge in [-0.15, -0.1) is 11.3 Å². The minimum atomic E-state index is -0.483. The summed E-state index contributed by atoms with van der Waals surface area (Å²) in [6, 6.07) is 12.2. The molecule has 0 fully saturated rings. The van der Waals surface area contributed by atoms with Crippen LogP contribution in [-0.4, -0.2) is 55.8 Å². The highest BCUT2D eigenvalue weighted by Gasteiger charge is 2.18. The zero-order valence-corrected chi connectivity index (χ0v) is 20.4. The van der Waals surface area contributed by atoms with Crippen LogP contribution in [0.5, 0.6) is 17.2 Å². The van der Waals surface area contributed by atoms with Crippen molar-refractivity contribution in [3.8, 4) is 28.5 Å². The number of nitrogens with zero attached hydrogens (tertiary/aromatic N) is 1. The highest BCUT2D eigenvalue weighted by molar-refractivity contribution is 7.17. The fraction of sp³-hybridized carbons (Fsp3) is 0.192. The van der Waals surface area contributed by atoms with Gasteiger partial charge in [-0.2, -0.15) is 0 Å². The molecule has 2 aromatic heterocycles. The highest BCUT2D eigenvalue weighted by Crippen LogP contribution is 2.38. The molecule has 0 aliphatic carbocycles. The number of aliphatic hydroxyl groups excluding tert-OH is 1. The van der Waals surface area contributed by atoms with Gasteiger partial charge in [0.2, 0.25) is 0 Å². The second-order valence-electron chi connectivity index (χ2n) is 7.58. The number of Topliss-reactive ketones (excluding diaryl/α,β-unsaturated/α-hetero) is 1. The smallest absolute Gasteiger partial charge is 0.251 e. The van der Waals surface area contributed by atoms with Gasteiger partial charge in [0.25, 0.3) is 5.91 Å². The third kappa shape index (κ3) is 5.29. The number of aliphatic hydroxyl groups is 1. The molecule has 0 saturated carbocycles. The van der Waals surface area contributed by atoms with Gasteiger partial charge < -0.3 is 24.6 Å². The number of nitrogens with one attached hydrogen (secondary N) is 1. The Bertz CT molecular complexity index is 1420. The van der Waals surface area contributed by atoms with Crippen LogP contribution >= 0.6 is 11.3 Å². The van der Waals surface area contributed by atoms with Crippen molar-refractivity contribution in [1.82, 2.24) is 10.3 Å². The van der Waals surface area contributed by atoms with Crippen molar-refractivity contribution in [2.75, 3.05) is 34.0 Å². The van der Waals surface area contributed by atoms with E-state index in [1.165, 1.54) is 55.9 Å². The van der Waals surface area contributed by atoms with Gasteiger partial charge in [-0.05, 0) is 48.5 Å². The molecule has 0 aliphatic rings. The standard InChI is InChI=1S/C26H23FN2O6S/c1-33-22-7-5-19(29-25(22)18-14-36-24-8-4-16(27)12-17(18)24)20(31)13-28-26(32)15-3-6-21(35-10-9-30)23(11-15)34-2/h3-8,11-12,14,30H,9-10,13H2,1-2H3,(H,28,32). The van der Waals surface area contributed by atoms with Crippen molar-refractivity contribution in [3.63, 3.8) is 0 Å². The first kappa shape index (κ1) is 25.1. The number of methoxy groups -OCH3 is 2. The third-order valence-corrected chi connectivity index (χ3v) is 6.30. The lowest BCUT2D eigenvalue weighted by Crippen LogP contribution is -2.30. The number of ether oxygens (including phenoxy) is 3. The van der Waals surface area contributed by atoms with Crippen molar-refractivity contribution in [2.45, 2.75) is 0 Å². The van der Waals surface area contributed by atoms with Gasteiger partial charge in [-0.3, -0.25) is 9.59 Å². The Morgan fingerprint density at radius 1 is 1.03 bits per heavy atom. The minimum absolute atomic E-state index is 0.0867. The summed E-state index contributed by atoms with van der Waals surface area (Å²) in [5.74, 6) is -0.120. The van der Waals surface area contributed by atoms with Crippen molar-refractivity contribution in [3.05, 3.63) is 71.0 Å². The molecule has 4 rings (SSSR count). The molecular formula is C26H23FN2O6S. The van der Waals surface area contributed by atoms with E-state index in [4.69, 9.17) is 19.3 Å². The fourth-order valence-corrected chi connectivity index (χ4v) is 4.51. The Kier molecular flexibility index (Phi) is 7.77. The van der Waals surface area contributed by atoms with Gasteiger partial charge in [-0.1, -0.05) is 0 Å². The lowest BCUT2D eigenvalue weighted by atomic mass is 10.1. The molecule has 0 radical (unpaired) electrons. The van der Waals surface area contributed by atoms with Crippen LogP contribution in [0, 0.1) is 5.82 Å². The van der Waals surface area contributed by atoms with Crippen molar-refractivity contribution >= 4 is 33.1 Å². The number of fused-ring (bicyclic) bond motifs is 1. The molecule has 2 heterocycles. The number of ketones is 1. The Hall–Kier alpha value is -4.02. The summed E-state index contributed by atoms with van der Waals surface area (Å²) in [5.41, 5.74) is 1.47. The quantitative estimate of drug-likeness (QED) is 0.309. The van der Waals surface area contributed by atoms with Gasteiger partial charge in [0.15, 0.2) is 17.3 Å². The average Bonchev–Trinajstić information content (AvgIpc) is 3.32. The average molecular weight is 511 g/mol. The Labute approximate surface area is 210 Å². The first-order valence-electron chi connectivity index (χ1n) is 10.9. The number of halogens is 1. The van der Waals surface area contributed by atoms with Gasteiger partial charge >= 0.3 is 0 Å². The van der Waals surface area contributed by atoms with Crippen LogP contribution in [0.2, 0.25) is 0 Å². The molecule has 0 atom stereocenters. The number of pyridine rings is 1. The molecule has 8 nitrogen and oxygen atoms in total. The predicted molar refractivity (Wildman–Crippen MR) is 134 cm³/mol. The third-order valence-electron chi connectivity index (χ3n) is 5.34. The molecule has 4 aromatic rings. The van der Waals surface area contributed by atoms with Gasteiger partial charge in [0.05, 0.1) is 27.4 Å². The maximum absolute atomic E-state index is 13.9. The first-order chi connectivity index (χ1) is 17.4. The summed E-state index contributed by atoms with van der Waals surface area (Å²) in [4.78, 5) is 30.0. The summed E-state index contributed by atoms with van der Waals surface area (Å²) >= 11 is 1.44. The molecule has 0 spiro atoms. The largest absolute Gasteiger partial charge is 0.494 e. The van der Waals surface area contributed by atoms with E-state index < -0.39 is 11.7 Å². The van der Waals surface area contributed by atoms with Crippen LogP contribution in [0.3, 0.4) is 0 Å². The van der Waals surface area contributed by atoms with E-state index in [0.29, 0.717) is 33.9 Å². The molecule has 2 aromatic carbocycles. The van der Waals surface area contributed by atoms with Gasteiger partial charge in [-0.25, -0.2) is 9.37 Å². The van der Waals surface area contributed by atoms with Gasteiger partial charge in [0.1, 0.15) is 29.6 Å². The topological polar surface area (TPSA) is 107 Å². The molecule has 186 valence electrons. The van der Waals surface area contributed by atoms with E-state index in [-0.39, 0.29) is 36.8 Å². The summed E-state index contributed by atoms with van der Waals surface area (Å²) < 4.78 is 30.8. The maximum atomic E-state index is 13.9. The number of carbonyl (C=O) groups is 2. The summed E-state index contributed by atoms with van der Waals surface area (Å²) in [5, 5.41) is 14.0. The highest BCUT2D eigenvalue weighted by atomic mass is 32.1. The molecular weight excluding hydrogens is 487 g/mol. The Balaban J connectivity index is 1.52. The molecule has 0 saturated heterocycles. The van der Waals surface area contributed by atoms with Crippen LogP contribution in [0.25, 0.3) is 21.3 Å². The van der Waals surface area contributed by atoms with E-state index in [9.17, 15) is 14.0 Å². The van der Waals surface area contributed by atoms with Crippen molar-refractivity contribution in [2.24, 2.45) is 0 Å². The molecule has 36 heavy (non-hydrogen) atoms. The normalized spacial score (nSPS) is 10.8. The monoisotopic (exact) mass is 510 g/mol. The van der Waals surface area contributed by atoms with E-state index in [0.717, 1.165) is 4.70 Å². The molecule has 10 heteroatoms. The van der Waals surface area contributed by atoms with Crippen molar-refractivity contribution < 1.29 is 33.3 Å². The molecule has 2 N–H and O–H groups in total. The number of hydrogen-bond acceptors (Lipinski definition) is 8. The Morgan fingerprint density at radius 2 is 1.81 bits per heavy atom. The summed E-state index contributed by atoms with van der Waals surface area (Å²) in [6.07, 6.45) is 0. The molecule has 0 aliphatic heterocycles. The summed E-state index contributed by atoms with van der Waals surface area (Å²) in [7, 11) is 2.93. The summed E-state index contributed by atoms with van der Waals surface area (Å²) in [6.45, 7) is -0.362. The number of benzene rings is 2. The predicted octanol–water partition coefficient (Wildman–Crippen LogP) is 4.10.